The maximum Gasteiger partial charge on any atom is 0.127 e. The van der Waals surface area contributed by atoms with E-state index >= 15 is 0 Å². The van der Waals surface area contributed by atoms with Crippen molar-refractivity contribution in [3.8, 4) is 5.75 Å². The summed E-state index contributed by atoms with van der Waals surface area (Å²) in [6.45, 7) is 1.79. The van der Waals surface area contributed by atoms with Gasteiger partial charge in [-0.25, -0.2) is 0 Å². The summed E-state index contributed by atoms with van der Waals surface area (Å²) in [4.78, 5) is 10.6. The van der Waals surface area contributed by atoms with Crippen molar-refractivity contribution in [1.82, 2.24) is 0 Å². The first-order valence-electron chi connectivity index (χ1n) is 4.46. The maximum atomic E-state index is 10.6. The molecule has 0 heterocycles. The largest absolute Gasteiger partial charge is 0.496 e. The van der Waals surface area contributed by atoms with E-state index in [0.717, 1.165) is 17.4 Å². The van der Waals surface area contributed by atoms with Gasteiger partial charge in [-0.1, -0.05) is 19.1 Å². The van der Waals surface area contributed by atoms with E-state index in [1.54, 1.807) is 19.2 Å². The van der Waals surface area contributed by atoms with Crippen molar-refractivity contribution < 1.29 is 14.6 Å². The predicted molar refractivity (Wildman–Crippen MR) is 53.4 cm³/mol. The molecule has 0 aliphatic rings. The lowest BCUT2D eigenvalue weighted by atomic mass is 10.00. The number of carbonyl (C=O) groups is 1. The molecule has 0 aliphatic heterocycles. The van der Waals surface area contributed by atoms with Crippen LogP contribution in [0.4, 0.5) is 0 Å². The highest BCUT2D eigenvalue weighted by Gasteiger charge is 2.10. The highest BCUT2D eigenvalue weighted by Crippen LogP contribution is 2.26. The second-order valence-corrected chi connectivity index (χ2v) is 3.16. The first-order valence-corrected chi connectivity index (χ1v) is 4.46. The van der Waals surface area contributed by atoms with Gasteiger partial charge < -0.3 is 14.6 Å². The molecule has 1 aromatic rings. The van der Waals surface area contributed by atoms with Gasteiger partial charge in [-0.15, -0.1) is 0 Å². The van der Waals surface area contributed by atoms with Gasteiger partial charge >= 0.3 is 0 Å². The molecule has 1 aromatic carbocycles. The standard InChI is InChI=1S/C11H14O3/c1-8(6-12)10-4-3-9(7-13)5-11(10)14-2/h3-6,8,13H,7H2,1-2H3. The van der Waals surface area contributed by atoms with E-state index in [4.69, 9.17) is 9.84 Å². The van der Waals surface area contributed by atoms with Crippen LogP contribution in [0, 0.1) is 0 Å². The number of rotatable bonds is 4. The molecule has 0 aliphatic carbocycles. The molecule has 0 amide bonds. The second-order valence-electron chi connectivity index (χ2n) is 3.16. The molecule has 0 radical (unpaired) electrons. The number of aliphatic hydroxyl groups excluding tert-OH is 1. The topological polar surface area (TPSA) is 46.5 Å². The number of aliphatic hydroxyl groups is 1. The molecule has 1 unspecified atom stereocenters. The average Bonchev–Trinajstić information content (AvgIpc) is 2.27. The summed E-state index contributed by atoms with van der Waals surface area (Å²) in [7, 11) is 1.55. The monoisotopic (exact) mass is 194 g/mol. The molecule has 0 spiro atoms. The zero-order chi connectivity index (χ0) is 10.6. The molecule has 3 heteroatoms. The minimum Gasteiger partial charge on any atom is -0.496 e. The van der Waals surface area contributed by atoms with Gasteiger partial charge in [-0.3, -0.25) is 0 Å². The third-order valence-electron chi connectivity index (χ3n) is 2.18. The van der Waals surface area contributed by atoms with E-state index < -0.39 is 0 Å². The number of ether oxygens (including phenoxy) is 1. The van der Waals surface area contributed by atoms with Gasteiger partial charge in [0.05, 0.1) is 13.7 Å². The first kappa shape index (κ1) is 10.7. The number of benzene rings is 1. The molecule has 3 nitrogen and oxygen atoms in total. The van der Waals surface area contributed by atoms with Gasteiger partial charge in [-0.05, 0) is 11.6 Å². The third-order valence-corrected chi connectivity index (χ3v) is 2.18. The number of aldehydes is 1. The molecule has 0 fully saturated rings. The summed E-state index contributed by atoms with van der Waals surface area (Å²) in [5.41, 5.74) is 1.63. The van der Waals surface area contributed by atoms with Crippen molar-refractivity contribution in [2.45, 2.75) is 19.4 Å². The molecule has 0 saturated carbocycles. The SMILES string of the molecule is COc1cc(CO)ccc1C(C)C=O. The van der Waals surface area contributed by atoms with E-state index in [-0.39, 0.29) is 12.5 Å². The fourth-order valence-corrected chi connectivity index (χ4v) is 1.30. The van der Waals surface area contributed by atoms with E-state index in [0.29, 0.717) is 5.75 Å². The van der Waals surface area contributed by atoms with Crippen LogP contribution >= 0.6 is 0 Å². The molecular formula is C11H14O3. The Morgan fingerprint density at radius 1 is 1.57 bits per heavy atom. The normalized spacial score (nSPS) is 12.2. The molecule has 14 heavy (non-hydrogen) atoms. The lowest BCUT2D eigenvalue weighted by molar-refractivity contribution is -0.108. The fourth-order valence-electron chi connectivity index (χ4n) is 1.30. The van der Waals surface area contributed by atoms with Gasteiger partial charge in [0.25, 0.3) is 0 Å². The molecule has 0 saturated heterocycles. The quantitative estimate of drug-likeness (QED) is 0.739. The van der Waals surface area contributed by atoms with Crippen LogP contribution in [0.2, 0.25) is 0 Å². The Balaban J connectivity index is 3.10. The Hall–Kier alpha value is -1.35. The summed E-state index contributed by atoms with van der Waals surface area (Å²) in [5.74, 6) is 0.467. The van der Waals surface area contributed by atoms with Gasteiger partial charge in [0.1, 0.15) is 12.0 Å². The minimum atomic E-state index is -0.183. The number of hydrogen-bond donors (Lipinski definition) is 1. The van der Waals surface area contributed by atoms with Crippen molar-refractivity contribution in [3.05, 3.63) is 29.3 Å². The van der Waals surface area contributed by atoms with Crippen LogP contribution in [0.5, 0.6) is 5.75 Å². The van der Waals surface area contributed by atoms with Crippen LogP contribution in [0.15, 0.2) is 18.2 Å². The smallest absolute Gasteiger partial charge is 0.127 e. The van der Waals surface area contributed by atoms with E-state index in [1.807, 2.05) is 13.0 Å². The van der Waals surface area contributed by atoms with E-state index in [2.05, 4.69) is 0 Å². The van der Waals surface area contributed by atoms with Crippen molar-refractivity contribution in [1.29, 1.82) is 0 Å². The van der Waals surface area contributed by atoms with Crippen molar-refractivity contribution in [3.63, 3.8) is 0 Å². The minimum absolute atomic E-state index is 0.0217. The summed E-state index contributed by atoms with van der Waals surface area (Å²) in [5, 5.41) is 8.92. The van der Waals surface area contributed by atoms with Crippen LogP contribution in [0.3, 0.4) is 0 Å². The van der Waals surface area contributed by atoms with Gasteiger partial charge in [0.15, 0.2) is 0 Å². The molecule has 0 bridgehead atoms. The van der Waals surface area contributed by atoms with Crippen LogP contribution in [0.1, 0.15) is 24.0 Å². The lowest BCUT2D eigenvalue weighted by Gasteiger charge is -2.11. The average molecular weight is 194 g/mol. The summed E-state index contributed by atoms with van der Waals surface area (Å²) >= 11 is 0. The van der Waals surface area contributed by atoms with Crippen molar-refractivity contribution >= 4 is 6.29 Å². The van der Waals surface area contributed by atoms with Crippen LogP contribution < -0.4 is 4.74 Å². The van der Waals surface area contributed by atoms with Gasteiger partial charge in [-0.2, -0.15) is 0 Å². The van der Waals surface area contributed by atoms with Gasteiger partial charge in [0, 0.05) is 11.5 Å². The number of hydrogen-bond acceptors (Lipinski definition) is 3. The Kier molecular flexibility index (Phi) is 3.65. The Morgan fingerprint density at radius 2 is 2.29 bits per heavy atom. The highest BCUT2D eigenvalue weighted by atomic mass is 16.5. The van der Waals surface area contributed by atoms with E-state index in [9.17, 15) is 4.79 Å². The molecule has 1 N–H and O–H groups in total. The molecule has 1 atom stereocenters. The maximum absolute atomic E-state index is 10.6. The van der Waals surface area contributed by atoms with Gasteiger partial charge in [0.2, 0.25) is 0 Å². The number of methoxy groups -OCH3 is 1. The van der Waals surface area contributed by atoms with Crippen molar-refractivity contribution in [2.75, 3.05) is 7.11 Å². The third kappa shape index (κ3) is 2.12. The zero-order valence-corrected chi connectivity index (χ0v) is 8.36. The molecular weight excluding hydrogens is 180 g/mol. The Labute approximate surface area is 83.3 Å². The van der Waals surface area contributed by atoms with Crippen LogP contribution in [0.25, 0.3) is 0 Å². The second kappa shape index (κ2) is 4.77. The Bertz CT molecular complexity index is 320. The molecule has 0 aromatic heterocycles. The summed E-state index contributed by atoms with van der Waals surface area (Å²) < 4.78 is 5.14. The summed E-state index contributed by atoms with van der Waals surface area (Å²) in [6, 6.07) is 5.34. The van der Waals surface area contributed by atoms with Crippen molar-refractivity contribution in [2.24, 2.45) is 0 Å². The Morgan fingerprint density at radius 3 is 2.79 bits per heavy atom. The zero-order valence-electron chi connectivity index (χ0n) is 8.36. The predicted octanol–water partition coefficient (Wildman–Crippen LogP) is 1.49. The molecule has 1 rings (SSSR count). The van der Waals surface area contributed by atoms with E-state index in [1.165, 1.54) is 0 Å². The summed E-state index contributed by atoms with van der Waals surface area (Å²) in [6.07, 6.45) is 0.872. The lowest BCUT2D eigenvalue weighted by Crippen LogP contribution is -1.99. The van der Waals surface area contributed by atoms with Crippen LogP contribution in [-0.2, 0) is 11.4 Å². The number of carbonyl (C=O) groups excluding carboxylic acids is 1. The molecule has 76 valence electrons. The fraction of sp³-hybridized carbons (Fsp3) is 0.364. The van der Waals surface area contributed by atoms with Crippen LogP contribution in [-0.4, -0.2) is 18.5 Å². The first-order chi connectivity index (χ1) is 6.72. The highest BCUT2D eigenvalue weighted by molar-refractivity contribution is 5.64.